The summed E-state index contributed by atoms with van der Waals surface area (Å²) in [6.45, 7) is 12.0. The fourth-order valence-corrected chi connectivity index (χ4v) is 7.02. The number of nitrogens with zero attached hydrogens (tertiary/aromatic N) is 2. The fourth-order valence-electron chi connectivity index (χ4n) is 4.82. The molecule has 0 bridgehead atoms. The lowest BCUT2D eigenvalue weighted by atomic mass is 9.99. The molecule has 1 heterocycles. The monoisotopic (exact) mass is 482 g/mol. The molecule has 0 aromatic heterocycles. The molecule has 0 spiro atoms. The first-order valence-electron chi connectivity index (χ1n) is 12.5. The van der Waals surface area contributed by atoms with Crippen LogP contribution in [-0.2, 0) is 4.52 Å². The van der Waals surface area contributed by atoms with Gasteiger partial charge in [0.2, 0.25) is 8.45 Å². The predicted octanol–water partition coefficient (Wildman–Crippen LogP) is 9.19. The summed E-state index contributed by atoms with van der Waals surface area (Å²) in [5.41, 5.74) is 2.76. The molecule has 4 aromatic rings. The summed E-state index contributed by atoms with van der Waals surface area (Å²) in [4.78, 5) is 0. The standard InChI is InChI=1S/C31H35N2OP/c1-23(27-18-10-14-25-12-6-8-16-29(25)27)32-20-21-33(35(32)34-22-31(3,4)5)24(2)28-19-11-15-26-13-7-9-17-30(26)28/h6-21,23-24H,22H2,1-5H3/t23-,24-/m0/s1. The number of hydrogen-bond donors (Lipinski definition) is 0. The van der Waals surface area contributed by atoms with Crippen molar-refractivity contribution in [2.24, 2.45) is 5.41 Å². The molecule has 0 amide bonds. The van der Waals surface area contributed by atoms with E-state index in [0.717, 1.165) is 0 Å². The summed E-state index contributed by atoms with van der Waals surface area (Å²) in [5, 5.41) is 5.17. The van der Waals surface area contributed by atoms with Gasteiger partial charge in [0.25, 0.3) is 0 Å². The van der Waals surface area contributed by atoms with E-state index in [9.17, 15) is 0 Å². The Kier molecular flexibility index (Phi) is 6.57. The Bertz CT molecular complexity index is 1250. The normalized spacial score (nSPS) is 16.4. The Morgan fingerprint density at radius 1 is 0.657 bits per heavy atom. The van der Waals surface area contributed by atoms with E-state index in [2.05, 4.69) is 141 Å². The van der Waals surface area contributed by atoms with Crippen molar-refractivity contribution in [2.75, 3.05) is 6.61 Å². The summed E-state index contributed by atoms with van der Waals surface area (Å²) in [6.07, 6.45) is 4.48. The van der Waals surface area contributed by atoms with E-state index in [-0.39, 0.29) is 17.5 Å². The van der Waals surface area contributed by atoms with Gasteiger partial charge in [-0.25, -0.2) is 0 Å². The minimum absolute atomic E-state index is 0.0909. The van der Waals surface area contributed by atoms with E-state index in [0.29, 0.717) is 6.61 Å². The summed E-state index contributed by atoms with van der Waals surface area (Å²) in [7, 11) is -1.02. The van der Waals surface area contributed by atoms with Crippen LogP contribution in [0.4, 0.5) is 0 Å². The molecular formula is C31H35N2OP. The summed E-state index contributed by atoms with van der Waals surface area (Å²) in [5.74, 6) is 0. The van der Waals surface area contributed by atoms with Crippen LogP contribution in [0.15, 0.2) is 97.3 Å². The second kappa shape index (κ2) is 9.64. The van der Waals surface area contributed by atoms with Crippen LogP contribution in [0.5, 0.6) is 0 Å². The first-order valence-corrected chi connectivity index (χ1v) is 13.6. The zero-order chi connectivity index (χ0) is 24.6. The van der Waals surface area contributed by atoms with Crippen LogP contribution in [0.3, 0.4) is 0 Å². The van der Waals surface area contributed by atoms with Gasteiger partial charge >= 0.3 is 0 Å². The third-order valence-electron chi connectivity index (χ3n) is 6.72. The van der Waals surface area contributed by atoms with Crippen molar-refractivity contribution in [1.29, 1.82) is 0 Å². The van der Waals surface area contributed by atoms with Gasteiger partial charge in [0.05, 0.1) is 18.7 Å². The average molecular weight is 483 g/mol. The van der Waals surface area contributed by atoms with Gasteiger partial charge in [-0.1, -0.05) is 106 Å². The second-order valence-corrected chi connectivity index (χ2v) is 12.3. The molecule has 0 saturated carbocycles. The molecule has 0 N–H and O–H groups in total. The molecule has 2 atom stereocenters. The van der Waals surface area contributed by atoms with E-state index in [1.807, 2.05) is 0 Å². The Labute approximate surface area is 211 Å². The zero-order valence-corrected chi connectivity index (χ0v) is 22.2. The molecule has 0 saturated heterocycles. The molecule has 35 heavy (non-hydrogen) atoms. The lowest BCUT2D eigenvalue weighted by Crippen LogP contribution is -2.25. The van der Waals surface area contributed by atoms with Crippen LogP contribution in [-0.4, -0.2) is 15.9 Å². The largest absolute Gasteiger partial charge is 0.322 e. The summed E-state index contributed by atoms with van der Waals surface area (Å²) < 4.78 is 11.6. The summed E-state index contributed by atoms with van der Waals surface area (Å²) >= 11 is 0. The van der Waals surface area contributed by atoms with Crippen LogP contribution >= 0.6 is 8.45 Å². The fraction of sp³-hybridized carbons (Fsp3) is 0.290. The van der Waals surface area contributed by atoms with Crippen molar-refractivity contribution < 1.29 is 4.52 Å². The molecule has 180 valence electrons. The van der Waals surface area contributed by atoms with Gasteiger partial charge in [0, 0.05) is 12.4 Å². The number of hydrogen-bond acceptors (Lipinski definition) is 3. The van der Waals surface area contributed by atoms with E-state index in [1.54, 1.807) is 0 Å². The molecule has 0 aliphatic carbocycles. The Hall–Kier alpha value is -2.87. The van der Waals surface area contributed by atoms with Gasteiger partial charge in [-0.15, -0.1) is 0 Å². The van der Waals surface area contributed by atoms with Gasteiger partial charge in [0.1, 0.15) is 0 Å². The molecule has 1 aliphatic rings. The molecule has 1 aliphatic heterocycles. The van der Waals surface area contributed by atoms with Crippen molar-refractivity contribution in [3.05, 3.63) is 108 Å². The topological polar surface area (TPSA) is 15.7 Å². The van der Waals surface area contributed by atoms with Crippen LogP contribution in [0.25, 0.3) is 21.5 Å². The lowest BCUT2D eigenvalue weighted by Gasteiger charge is -2.39. The minimum atomic E-state index is -1.02. The molecule has 3 nitrogen and oxygen atoms in total. The highest BCUT2D eigenvalue weighted by Crippen LogP contribution is 2.58. The maximum absolute atomic E-state index is 6.76. The zero-order valence-electron chi connectivity index (χ0n) is 21.3. The molecule has 4 heteroatoms. The van der Waals surface area contributed by atoms with E-state index >= 15 is 0 Å². The van der Waals surface area contributed by atoms with Crippen molar-refractivity contribution >= 4 is 30.0 Å². The van der Waals surface area contributed by atoms with Crippen LogP contribution < -0.4 is 0 Å². The highest BCUT2D eigenvalue weighted by atomic mass is 31.2. The molecule has 4 aromatic carbocycles. The third kappa shape index (κ3) is 4.81. The van der Waals surface area contributed by atoms with Crippen LogP contribution in [0.2, 0.25) is 0 Å². The maximum atomic E-state index is 6.76. The van der Waals surface area contributed by atoms with Gasteiger partial charge in [-0.05, 0) is 51.9 Å². The van der Waals surface area contributed by atoms with E-state index in [1.165, 1.54) is 32.7 Å². The van der Waals surface area contributed by atoms with Crippen molar-refractivity contribution in [1.82, 2.24) is 9.34 Å². The number of benzene rings is 4. The second-order valence-electron chi connectivity index (χ2n) is 10.6. The minimum Gasteiger partial charge on any atom is -0.322 e. The smallest absolute Gasteiger partial charge is 0.248 e. The summed E-state index contributed by atoms with van der Waals surface area (Å²) in [6, 6.07) is 31.0. The van der Waals surface area contributed by atoms with Gasteiger partial charge in [-0.2, -0.15) is 0 Å². The van der Waals surface area contributed by atoms with Crippen LogP contribution in [0.1, 0.15) is 57.8 Å². The number of rotatable bonds is 6. The molecule has 0 radical (unpaired) electrons. The molecule has 5 rings (SSSR count). The Balaban J connectivity index is 1.51. The first kappa shape index (κ1) is 23.9. The highest BCUT2D eigenvalue weighted by molar-refractivity contribution is 7.48. The van der Waals surface area contributed by atoms with Gasteiger partial charge < -0.3 is 13.9 Å². The van der Waals surface area contributed by atoms with E-state index < -0.39 is 8.45 Å². The predicted molar refractivity (Wildman–Crippen MR) is 150 cm³/mol. The van der Waals surface area contributed by atoms with Crippen molar-refractivity contribution in [2.45, 2.75) is 46.7 Å². The van der Waals surface area contributed by atoms with Crippen LogP contribution in [0, 0.1) is 5.41 Å². The van der Waals surface area contributed by atoms with Crippen molar-refractivity contribution in [3.63, 3.8) is 0 Å². The highest BCUT2D eigenvalue weighted by Gasteiger charge is 2.37. The maximum Gasteiger partial charge on any atom is 0.248 e. The Morgan fingerprint density at radius 3 is 1.54 bits per heavy atom. The van der Waals surface area contributed by atoms with Crippen molar-refractivity contribution in [3.8, 4) is 0 Å². The quantitative estimate of drug-likeness (QED) is 0.255. The number of fused-ring (bicyclic) bond motifs is 2. The SMILES string of the molecule is C[C@@H](c1cccc2ccccc12)N1C=CN([C@@H](C)c2cccc3ccccc23)P1OCC(C)(C)C. The molecular weight excluding hydrogens is 447 g/mol. The first-order chi connectivity index (χ1) is 16.8. The third-order valence-corrected chi connectivity index (χ3v) is 8.83. The average Bonchev–Trinajstić information content (AvgIpc) is 3.29. The van der Waals surface area contributed by atoms with Gasteiger partial charge in [0.15, 0.2) is 0 Å². The molecule has 0 fully saturated rings. The lowest BCUT2D eigenvalue weighted by molar-refractivity contribution is 0.187. The van der Waals surface area contributed by atoms with E-state index in [4.69, 9.17) is 4.52 Å². The Morgan fingerprint density at radius 2 is 1.09 bits per heavy atom. The van der Waals surface area contributed by atoms with Gasteiger partial charge in [-0.3, -0.25) is 0 Å². The molecule has 0 unspecified atom stereocenters.